The van der Waals surface area contributed by atoms with E-state index in [-0.39, 0.29) is 11.4 Å². The van der Waals surface area contributed by atoms with Crippen molar-refractivity contribution in [3.63, 3.8) is 0 Å². The van der Waals surface area contributed by atoms with E-state index in [0.29, 0.717) is 11.8 Å². The molecule has 22 heavy (non-hydrogen) atoms. The molecule has 0 heterocycles. The third-order valence-electron chi connectivity index (χ3n) is 2.80. The second kappa shape index (κ2) is 6.18. The molecule has 2 aromatic carbocycles. The quantitative estimate of drug-likeness (QED) is 0.916. The highest BCUT2D eigenvalue weighted by Gasteiger charge is 2.19. The molecule has 0 bridgehead atoms. The Morgan fingerprint density at radius 2 is 1.59 bits per heavy atom. The third kappa shape index (κ3) is 3.45. The van der Waals surface area contributed by atoms with Crippen LogP contribution in [-0.4, -0.2) is 22.6 Å². The van der Waals surface area contributed by atoms with E-state index >= 15 is 0 Å². The SMILES string of the molecule is COc1ccc(NS(=O)(=O)c2cc(F)cc(F)c2)c(OC)c1. The smallest absolute Gasteiger partial charge is 0.262 e. The van der Waals surface area contributed by atoms with Crippen LogP contribution in [0.2, 0.25) is 0 Å². The Morgan fingerprint density at radius 3 is 2.14 bits per heavy atom. The van der Waals surface area contributed by atoms with E-state index in [0.717, 1.165) is 12.1 Å². The van der Waals surface area contributed by atoms with Crippen LogP contribution in [0.3, 0.4) is 0 Å². The van der Waals surface area contributed by atoms with E-state index in [2.05, 4.69) is 4.72 Å². The average molecular weight is 329 g/mol. The molecule has 2 rings (SSSR count). The zero-order valence-electron chi connectivity index (χ0n) is 11.8. The molecule has 0 aliphatic carbocycles. The van der Waals surface area contributed by atoms with Gasteiger partial charge in [0.15, 0.2) is 0 Å². The molecule has 0 radical (unpaired) electrons. The van der Waals surface area contributed by atoms with Crippen LogP contribution < -0.4 is 14.2 Å². The van der Waals surface area contributed by atoms with Gasteiger partial charge in [-0.25, -0.2) is 17.2 Å². The number of sulfonamides is 1. The van der Waals surface area contributed by atoms with Gasteiger partial charge in [0.05, 0.1) is 24.8 Å². The first-order valence-electron chi connectivity index (χ1n) is 6.06. The van der Waals surface area contributed by atoms with Crippen molar-refractivity contribution in [2.75, 3.05) is 18.9 Å². The Bertz CT molecular complexity index is 773. The predicted molar refractivity (Wildman–Crippen MR) is 76.7 cm³/mol. The molecular weight excluding hydrogens is 316 g/mol. The van der Waals surface area contributed by atoms with Gasteiger partial charge in [-0.3, -0.25) is 4.72 Å². The Kier molecular flexibility index (Phi) is 4.51. The van der Waals surface area contributed by atoms with Crippen LogP contribution in [0.5, 0.6) is 11.5 Å². The molecule has 0 atom stereocenters. The van der Waals surface area contributed by atoms with Crippen molar-refractivity contribution in [1.29, 1.82) is 0 Å². The topological polar surface area (TPSA) is 64.6 Å². The van der Waals surface area contributed by atoms with Crippen LogP contribution in [0.1, 0.15) is 0 Å². The summed E-state index contributed by atoms with van der Waals surface area (Å²) >= 11 is 0. The first-order valence-corrected chi connectivity index (χ1v) is 7.55. The summed E-state index contributed by atoms with van der Waals surface area (Å²) in [4.78, 5) is -0.525. The Morgan fingerprint density at radius 1 is 0.955 bits per heavy atom. The fraction of sp³-hybridized carbons (Fsp3) is 0.143. The summed E-state index contributed by atoms with van der Waals surface area (Å²) in [6.45, 7) is 0. The molecule has 0 amide bonds. The molecule has 118 valence electrons. The number of hydrogen-bond donors (Lipinski definition) is 1. The van der Waals surface area contributed by atoms with Crippen molar-refractivity contribution in [1.82, 2.24) is 0 Å². The first kappa shape index (κ1) is 16.0. The van der Waals surface area contributed by atoms with Crippen LogP contribution in [0.4, 0.5) is 14.5 Å². The number of nitrogens with one attached hydrogen (secondary N) is 1. The highest BCUT2D eigenvalue weighted by molar-refractivity contribution is 7.92. The molecule has 0 aliphatic rings. The van der Waals surface area contributed by atoms with Gasteiger partial charge in [0.2, 0.25) is 0 Å². The van der Waals surface area contributed by atoms with E-state index in [1.165, 1.54) is 32.4 Å². The monoisotopic (exact) mass is 329 g/mol. The molecule has 0 fully saturated rings. The first-order chi connectivity index (χ1) is 10.4. The number of rotatable bonds is 5. The lowest BCUT2D eigenvalue weighted by molar-refractivity contribution is 0.395. The van der Waals surface area contributed by atoms with Gasteiger partial charge in [-0.05, 0) is 24.3 Å². The van der Waals surface area contributed by atoms with Crippen molar-refractivity contribution < 1.29 is 26.7 Å². The molecule has 5 nitrogen and oxygen atoms in total. The van der Waals surface area contributed by atoms with Crippen molar-refractivity contribution in [2.24, 2.45) is 0 Å². The fourth-order valence-corrected chi connectivity index (χ4v) is 2.88. The number of halogens is 2. The largest absolute Gasteiger partial charge is 0.497 e. The Balaban J connectivity index is 2.40. The predicted octanol–water partition coefficient (Wildman–Crippen LogP) is 2.78. The lowest BCUT2D eigenvalue weighted by Gasteiger charge is -2.13. The summed E-state index contributed by atoms with van der Waals surface area (Å²) in [6.07, 6.45) is 0. The minimum absolute atomic E-state index is 0.118. The van der Waals surface area contributed by atoms with Crippen LogP contribution in [0, 0.1) is 11.6 Å². The van der Waals surface area contributed by atoms with Crippen LogP contribution in [-0.2, 0) is 10.0 Å². The van der Waals surface area contributed by atoms with E-state index in [9.17, 15) is 17.2 Å². The van der Waals surface area contributed by atoms with Gasteiger partial charge in [-0.1, -0.05) is 0 Å². The fourth-order valence-electron chi connectivity index (χ4n) is 1.77. The summed E-state index contributed by atoms with van der Waals surface area (Å²) in [5.41, 5.74) is 0.118. The van der Waals surface area contributed by atoms with E-state index in [1.807, 2.05) is 0 Å². The maximum Gasteiger partial charge on any atom is 0.262 e. The van der Waals surface area contributed by atoms with Gasteiger partial charge >= 0.3 is 0 Å². The maximum atomic E-state index is 13.2. The van der Waals surface area contributed by atoms with E-state index in [1.54, 1.807) is 0 Å². The van der Waals surface area contributed by atoms with Crippen LogP contribution in [0.15, 0.2) is 41.3 Å². The summed E-state index contributed by atoms with van der Waals surface area (Å²) < 4.78 is 63.0. The molecule has 0 aromatic heterocycles. The van der Waals surface area contributed by atoms with Crippen molar-refractivity contribution >= 4 is 15.7 Å². The minimum atomic E-state index is -4.16. The van der Waals surface area contributed by atoms with Crippen molar-refractivity contribution in [3.8, 4) is 11.5 Å². The molecule has 0 saturated carbocycles. The molecule has 0 saturated heterocycles. The molecule has 0 aliphatic heterocycles. The van der Waals surface area contributed by atoms with Gasteiger partial charge in [-0.2, -0.15) is 0 Å². The highest BCUT2D eigenvalue weighted by atomic mass is 32.2. The molecule has 1 N–H and O–H groups in total. The van der Waals surface area contributed by atoms with Gasteiger partial charge in [0.1, 0.15) is 23.1 Å². The van der Waals surface area contributed by atoms with Crippen LogP contribution in [0.25, 0.3) is 0 Å². The van der Waals surface area contributed by atoms with Gasteiger partial charge in [-0.15, -0.1) is 0 Å². The van der Waals surface area contributed by atoms with Gasteiger partial charge in [0, 0.05) is 12.1 Å². The van der Waals surface area contributed by atoms with Crippen LogP contribution >= 0.6 is 0 Å². The summed E-state index contributed by atoms with van der Waals surface area (Å²) in [7, 11) is -1.35. The molecule has 8 heteroatoms. The number of ether oxygens (including phenoxy) is 2. The zero-order chi connectivity index (χ0) is 16.3. The minimum Gasteiger partial charge on any atom is -0.497 e. The second-order valence-corrected chi connectivity index (χ2v) is 5.96. The number of methoxy groups -OCH3 is 2. The third-order valence-corrected chi connectivity index (χ3v) is 4.14. The molecular formula is C14H13F2NO4S. The maximum absolute atomic E-state index is 13.2. The summed E-state index contributed by atoms with van der Waals surface area (Å²) in [6, 6.07) is 6.46. The van der Waals surface area contributed by atoms with Gasteiger partial charge < -0.3 is 9.47 Å². The number of anilines is 1. The lowest BCUT2D eigenvalue weighted by atomic mass is 10.3. The van der Waals surface area contributed by atoms with E-state index in [4.69, 9.17) is 9.47 Å². The Hall–Kier alpha value is -2.35. The van der Waals surface area contributed by atoms with Crippen molar-refractivity contribution in [3.05, 3.63) is 48.0 Å². The summed E-state index contributed by atoms with van der Waals surface area (Å²) in [5.74, 6) is -1.29. The molecule has 0 spiro atoms. The molecule has 0 unspecified atom stereocenters. The average Bonchev–Trinajstić information content (AvgIpc) is 2.46. The Labute approximate surface area is 126 Å². The van der Waals surface area contributed by atoms with E-state index < -0.39 is 26.6 Å². The number of benzene rings is 2. The normalized spacial score (nSPS) is 11.1. The van der Waals surface area contributed by atoms with Gasteiger partial charge in [0.25, 0.3) is 10.0 Å². The standard InChI is InChI=1S/C14H13F2NO4S/c1-20-11-3-4-13(14(8-11)21-2)17-22(18,19)12-6-9(15)5-10(16)7-12/h3-8,17H,1-2H3. The lowest BCUT2D eigenvalue weighted by Crippen LogP contribution is -2.14. The zero-order valence-corrected chi connectivity index (χ0v) is 12.6. The second-order valence-electron chi connectivity index (χ2n) is 4.28. The molecule has 2 aromatic rings. The number of hydrogen-bond acceptors (Lipinski definition) is 4. The van der Waals surface area contributed by atoms with Crippen molar-refractivity contribution in [2.45, 2.75) is 4.90 Å². The summed E-state index contributed by atoms with van der Waals surface area (Å²) in [5, 5.41) is 0. The highest BCUT2D eigenvalue weighted by Crippen LogP contribution is 2.31.